The molecule has 3 aliphatic heterocycles. The predicted octanol–water partition coefficient (Wildman–Crippen LogP) is 3.90. The van der Waals surface area contributed by atoms with Crippen molar-refractivity contribution in [3.05, 3.63) is 49.6 Å². The number of rotatable bonds is 15. The van der Waals surface area contributed by atoms with E-state index in [1.54, 1.807) is 53.3 Å². The number of nitrogens with zero attached hydrogens (tertiary/aromatic N) is 2. The van der Waals surface area contributed by atoms with Gasteiger partial charge < -0.3 is 29.1 Å². The molecule has 41 heavy (non-hydrogen) atoms. The highest BCUT2D eigenvalue weighted by atomic mass is 16.6. The number of aliphatic hydroxyl groups is 1. The van der Waals surface area contributed by atoms with Crippen molar-refractivity contribution in [3.63, 3.8) is 0 Å². The van der Waals surface area contributed by atoms with E-state index < -0.39 is 35.0 Å². The van der Waals surface area contributed by atoms with Gasteiger partial charge in [-0.05, 0) is 75.6 Å². The van der Waals surface area contributed by atoms with Gasteiger partial charge in [0, 0.05) is 25.4 Å². The Morgan fingerprint density at radius 3 is 2.54 bits per heavy atom. The highest BCUT2D eigenvalue weighted by molar-refractivity contribution is 6.04. The van der Waals surface area contributed by atoms with E-state index in [0.717, 1.165) is 6.42 Å². The van der Waals surface area contributed by atoms with Crippen molar-refractivity contribution in [2.24, 2.45) is 17.8 Å². The molecule has 0 radical (unpaired) electrons. The molecule has 1 N–H and O–H groups in total. The molecule has 1 aromatic rings. The highest BCUT2D eigenvalue weighted by Crippen LogP contribution is 2.65. The minimum atomic E-state index is -1.16. The molecule has 2 bridgehead atoms. The number of hydrogen-bond donors (Lipinski definition) is 1. The molecule has 4 rings (SSSR count). The Kier molecular flexibility index (Phi) is 9.59. The molecule has 9 heteroatoms. The van der Waals surface area contributed by atoms with Crippen LogP contribution in [0.3, 0.4) is 0 Å². The Labute approximate surface area is 243 Å². The third kappa shape index (κ3) is 5.42. The predicted molar refractivity (Wildman–Crippen MR) is 155 cm³/mol. The number of fused-ring (bicyclic) bond motifs is 1. The Morgan fingerprint density at radius 1 is 1.17 bits per heavy atom. The zero-order chi connectivity index (χ0) is 29.8. The molecular formula is C32H44N2O7. The van der Waals surface area contributed by atoms with Gasteiger partial charge in [0.2, 0.25) is 5.91 Å². The molecule has 1 aromatic carbocycles. The second-order valence-corrected chi connectivity index (χ2v) is 11.6. The van der Waals surface area contributed by atoms with Crippen LogP contribution in [-0.2, 0) is 23.9 Å². The Balaban J connectivity index is 1.73. The summed E-state index contributed by atoms with van der Waals surface area (Å²) >= 11 is 0. The fourth-order valence-corrected chi connectivity index (χ4v) is 7.04. The van der Waals surface area contributed by atoms with Crippen molar-refractivity contribution in [1.82, 2.24) is 4.90 Å². The van der Waals surface area contributed by atoms with Crippen molar-refractivity contribution in [3.8, 4) is 5.75 Å². The van der Waals surface area contributed by atoms with E-state index in [2.05, 4.69) is 13.2 Å². The summed E-state index contributed by atoms with van der Waals surface area (Å²) in [6.07, 6.45) is 7.20. The lowest BCUT2D eigenvalue weighted by Gasteiger charge is -2.37. The van der Waals surface area contributed by atoms with Gasteiger partial charge in [-0.2, -0.15) is 0 Å². The first-order valence-electron chi connectivity index (χ1n) is 14.7. The van der Waals surface area contributed by atoms with Crippen LogP contribution in [0.5, 0.6) is 5.75 Å². The first-order valence-corrected chi connectivity index (χ1v) is 14.7. The van der Waals surface area contributed by atoms with Crippen molar-refractivity contribution >= 4 is 23.5 Å². The Bertz CT molecular complexity index is 1140. The number of allylic oxidation sites excluding steroid dienone is 1. The maximum absolute atomic E-state index is 14.6. The van der Waals surface area contributed by atoms with Crippen molar-refractivity contribution in [1.29, 1.82) is 0 Å². The summed E-state index contributed by atoms with van der Waals surface area (Å²) in [6.45, 7) is 12.3. The second kappa shape index (κ2) is 12.8. The van der Waals surface area contributed by atoms with Gasteiger partial charge >= 0.3 is 5.97 Å². The number of amides is 2. The number of carbonyl (C=O) groups is 3. The smallest absolute Gasteiger partial charge is 0.312 e. The highest BCUT2D eigenvalue weighted by Gasteiger charge is 2.80. The van der Waals surface area contributed by atoms with Gasteiger partial charge in [0.15, 0.2) is 0 Å². The number of anilines is 1. The average molecular weight is 569 g/mol. The van der Waals surface area contributed by atoms with Crippen LogP contribution in [0.25, 0.3) is 0 Å². The van der Waals surface area contributed by atoms with Gasteiger partial charge in [0.05, 0.1) is 25.2 Å². The maximum Gasteiger partial charge on any atom is 0.312 e. The molecular weight excluding hydrogens is 524 g/mol. The zero-order valence-electron chi connectivity index (χ0n) is 24.5. The van der Waals surface area contributed by atoms with E-state index in [9.17, 15) is 19.5 Å². The van der Waals surface area contributed by atoms with Crippen molar-refractivity contribution in [2.75, 3.05) is 38.3 Å². The van der Waals surface area contributed by atoms with Gasteiger partial charge in [-0.15, -0.1) is 13.2 Å². The molecule has 0 aliphatic carbocycles. The lowest BCUT2D eigenvalue weighted by Crippen LogP contribution is -2.57. The van der Waals surface area contributed by atoms with E-state index in [1.165, 1.54) is 0 Å². The van der Waals surface area contributed by atoms with E-state index in [1.807, 2.05) is 13.8 Å². The summed E-state index contributed by atoms with van der Waals surface area (Å²) in [6, 6.07) is 6.26. The molecule has 0 saturated carbocycles. The van der Waals surface area contributed by atoms with Crippen molar-refractivity contribution in [2.45, 2.75) is 69.6 Å². The Morgan fingerprint density at radius 2 is 1.90 bits per heavy atom. The van der Waals surface area contributed by atoms with Gasteiger partial charge in [-0.1, -0.05) is 19.1 Å². The minimum Gasteiger partial charge on any atom is -0.497 e. The molecule has 3 fully saturated rings. The average Bonchev–Trinajstić information content (AvgIpc) is 3.48. The van der Waals surface area contributed by atoms with Gasteiger partial charge in [0.1, 0.15) is 23.3 Å². The fourth-order valence-electron chi connectivity index (χ4n) is 7.04. The number of carbonyl (C=O) groups excluding carboxylic acids is 3. The van der Waals surface area contributed by atoms with E-state index >= 15 is 0 Å². The molecule has 2 amide bonds. The topological polar surface area (TPSA) is 106 Å². The monoisotopic (exact) mass is 568 g/mol. The zero-order valence-corrected chi connectivity index (χ0v) is 24.5. The third-order valence-corrected chi connectivity index (χ3v) is 9.12. The van der Waals surface area contributed by atoms with Gasteiger partial charge in [0.25, 0.3) is 5.91 Å². The van der Waals surface area contributed by atoms with Gasteiger partial charge in [-0.3, -0.25) is 14.4 Å². The van der Waals surface area contributed by atoms with Crippen LogP contribution in [0.15, 0.2) is 49.6 Å². The van der Waals surface area contributed by atoms with Crippen LogP contribution < -0.4 is 9.64 Å². The van der Waals surface area contributed by atoms with E-state index in [4.69, 9.17) is 14.2 Å². The van der Waals surface area contributed by atoms with Crippen LogP contribution >= 0.6 is 0 Å². The van der Waals surface area contributed by atoms with Crippen LogP contribution in [0.4, 0.5) is 5.69 Å². The summed E-state index contributed by atoms with van der Waals surface area (Å²) in [5, 5.41) is 9.28. The molecule has 0 aromatic heterocycles. The third-order valence-electron chi connectivity index (χ3n) is 9.12. The number of methoxy groups -OCH3 is 1. The molecule has 3 saturated heterocycles. The van der Waals surface area contributed by atoms with Crippen LogP contribution in [0, 0.1) is 17.8 Å². The lowest BCUT2D eigenvalue weighted by atomic mass is 9.62. The molecule has 6 atom stereocenters. The van der Waals surface area contributed by atoms with Crippen LogP contribution in [-0.4, -0.2) is 78.4 Å². The number of unbranched alkanes of at least 4 members (excludes halogenated alkanes) is 3. The summed E-state index contributed by atoms with van der Waals surface area (Å²) in [5.74, 6) is -2.01. The lowest BCUT2D eigenvalue weighted by molar-refractivity contribution is -0.161. The molecule has 3 heterocycles. The quantitative estimate of drug-likeness (QED) is 0.194. The normalized spacial score (nSPS) is 29.8. The van der Waals surface area contributed by atoms with Crippen LogP contribution in [0.2, 0.25) is 0 Å². The van der Waals surface area contributed by atoms with E-state index in [-0.39, 0.29) is 37.5 Å². The second-order valence-electron chi connectivity index (χ2n) is 11.6. The number of ether oxygens (including phenoxy) is 3. The summed E-state index contributed by atoms with van der Waals surface area (Å²) < 4.78 is 17.8. The maximum atomic E-state index is 14.6. The largest absolute Gasteiger partial charge is 0.497 e. The fraction of sp³-hybridized carbons (Fsp3) is 0.594. The molecule has 3 aliphatic rings. The molecule has 3 unspecified atom stereocenters. The first-order chi connectivity index (χ1) is 19.7. The molecule has 224 valence electrons. The van der Waals surface area contributed by atoms with Gasteiger partial charge in [-0.25, -0.2) is 0 Å². The standard InChI is InChI=1S/C32H44N2O7/c1-6-8-12-20-40-30(38)26-25-28(36)34(18-10-9-11-19-35)27(32(25)21-22(3)31(26,4)41-32)29(37)33(17-7-2)23-13-15-24(39-5)16-14-23/h6-7,13-16,22,25-27,35H,1-2,8-12,17-21H2,3-5H3/t22?,25-,26-,27?,31+,32?/m0/s1. The number of likely N-dealkylation sites (tertiary alicyclic amines) is 1. The minimum absolute atomic E-state index is 0.0617. The molecule has 1 spiro atoms. The van der Waals surface area contributed by atoms with Crippen molar-refractivity contribution < 1.29 is 33.7 Å². The number of hydrogen-bond acceptors (Lipinski definition) is 7. The summed E-state index contributed by atoms with van der Waals surface area (Å²) in [4.78, 5) is 45.7. The van der Waals surface area contributed by atoms with E-state index in [0.29, 0.717) is 50.1 Å². The summed E-state index contributed by atoms with van der Waals surface area (Å²) in [7, 11) is 1.58. The number of aliphatic hydroxyl groups excluding tert-OH is 1. The molecule has 9 nitrogen and oxygen atoms in total. The Hall–Kier alpha value is -3.17. The van der Waals surface area contributed by atoms with Crippen LogP contribution in [0.1, 0.15) is 52.4 Å². The first kappa shape index (κ1) is 30.8. The SMILES string of the molecule is C=CCCCOC(=O)[C@@H]1[C@H]2C(=O)N(CCCCCO)C(C(=O)N(CC=C)c3ccc(OC)cc3)C23CC(C)[C@@]1(C)O3. The number of benzene rings is 1. The number of esters is 1. The summed E-state index contributed by atoms with van der Waals surface area (Å²) in [5.41, 5.74) is -1.44.